The SMILES string of the molecule is Cn1c(=O)n(CC(=O)N(CCSF)Cc2ccccc2)c2nc(-c3ccccc3)ncc21. The van der Waals surface area contributed by atoms with E-state index in [9.17, 15) is 13.5 Å². The zero-order chi connectivity index (χ0) is 22.5. The number of hydrogen-bond donors (Lipinski definition) is 0. The third-order valence-corrected chi connectivity index (χ3v) is 5.55. The van der Waals surface area contributed by atoms with Gasteiger partial charge in [-0.3, -0.25) is 13.9 Å². The van der Waals surface area contributed by atoms with Gasteiger partial charge in [-0.15, -0.1) is 0 Å². The lowest BCUT2D eigenvalue weighted by molar-refractivity contribution is -0.132. The lowest BCUT2D eigenvalue weighted by Crippen LogP contribution is -2.37. The molecule has 0 atom stereocenters. The maximum atomic E-state index is 13.2. The van der Waals surface area contributed by atoms with Crippen LogP contribution in [0.2, 0.25) is 0 Å². The summed E-state index contributed by atoms with van der Waals surface area (Å²) in [6, 6.07) is 18.9. The Morgan fingerprint density at radius 1 is 1.09 bits per heavy atom. The van der Waals surface area contributed by atoms with Crippen molar-refractivity contribution in [2.75, 3.05) is 12.3 Å². The summed E-state index contributed by atoms with van der Waals surface area (Å²) < 4.78 is 15.5. The molecule has 32 heavy (non-hydrogen) atoms. The molecule has 0 radical (unpaired) electrons. The first-order valence-electron chi connectivity index (χ1n) is 10.1. The molecule has 0 saturated carbocycles. The molecule has 0 fully saturated rings. The monoisotopic (exact) mass is 451 g/mol. The van der Waals surface area contributed by atoms with Gasteiger partial charge in [0.2, 0.25) is 5.91 Å². The van der Waals surface area contributed by atoms with E-state index >= 15 is 0 Å². The van der Waals surface area contributed by atoms with E-state index in [2.05, 4.69) is 9.97 Å². The summed E-state index contributed by atoms with van der Waals surface area (Å²) in [5, 5.41) is 0. The Morgan fingerprint density at radius 3 is 2.47 bits per heavy atom. The fourth-order valence-corrected chi connectivity index (χ4v) is 3.81. The maximum absolute atomic E-state index is 13.2. The van der Waals surface area contributed by atoms with Gasteiger partial charge in [0.1, 0.15) is 12.1 Å². The molecule has 9 heteroatoms. The van der Waals surface area contributed by atoms with Gasteiger partial charge < -0.3 is 4.90 Å². The van der Waals surface area contributed by atoms with E-state index in [-0.39, 0.29) is 42.6 Å². The molecule has 2 aromatic heterocycles. The standard InChI is InChI=1S/C23H22FN5O2S/c1-27-19-14-25-21(18-10-6-3-7-11-18)26-22(19)29(23(27)31)16-20(30)28(12-13-32-24)15-17-8-4-2-5-9-17/h2-11,14H,12-13,15-16H2,1H3. The fraction of sp³-hybridized carbons (Fsp3) is 0.217. The van der Waals surface area contributed by atoms with Crippen molar-refractivity contribution in [3.63, 3.8) is 0 Å². The van der Waals surface area contributed by atoms with Crippen LogP contribution in [0, 0.1) is 0 Å². The molecule has 0 aliphatic carbocycles. The number of hydrogen-bond acceptors (Lipinski definition) is 5. The number of carbonyl (C=O) groups is 1. The predicted molar refractivity (Wildman–Crippen MR) is 124 cm³/mol. The molecule has 0 N–H and O–H groups in total. The third kappa shape index (κ3) is 4.57. The highest BCUT2D eigenvalue weighted by Crippen LogP contribution is 2.18. The Morgan fingerprint density at radius 2 is 1.78 bits per heavy atom. The van der Waals surface area contributed by atoms with Gasteiger partial charge in [-0.05, 0) is 5.56 Å². The van der Waals surface area contributed by atoms with Crippen molar-refractivity contribution in [1.82, 2.24) is 24.0 Å². The zero-order valence-electron chi connectivity index (χ0n) is 17.5. The number of amides is 1. The average Bonchev–Trinajstić information content (AvgIpc) is 3.07. The molecular weight excluding hydrogens is 429 g/mol. The van der Waals surface area contributed by atoms with Crippen molar-refractivity contribution in [1.29, 1.82) is 0 Å². The smallest absolute Gasteiger partial charge is 0.330 e. The van der Waals surface area contributed by atoms with Crippen LogP contribution in [-0.4, -0.2) is 42.2 Å². The number of aromatic nitrogens is 4. The minimum Gasteiger partial charge on any atom is -0.336 e. The molecule has 0 spiro atoms. The molecule has 0 unspecified atom stereocenters. The number of rotatable bonds is 8. The number of carbonyl (C=O) groups excluding carboxylic acids is 1. The minimum atomic E-state index is -0.354. The van der Waals surface area contributed by atoms with E-state index in [1.165, 1.54) is 9.13 Å². The number of imidazole rings is 1. The van der Waals surface area contributed by atoms with Crippen LogP contribution < -0.4 is 5.69 Å². The van der Waals surface area contributed by atoms with Crippen LogP contribution in [0.4, 0.5) is 3.89 Å². The molecule has 1 amide bonds. The van der Waals surface area contributed by atoms with Crippen LogP contribution >= 0.6 is 12.1 Å². The number of benzene rings is 2. The highest BCUT2D eigenvalue weighted by Gasteiger charge is 2.20. The Hall–Kier alpha value is -3.46. The molecule has 0 aliphatic rings. The van der Waals surface area contributed by atoms with Crippen LogP contribution in [0.5, 0.6) is 0 Å². The van der Waals surface area contributed by atoms with E-state index in [0.717, 1.165) is 11.1 Å². The Balaban J connectivity index is 1.67. The summed E-state index contributed by atoms with van der Waals surface area (Å²) in [6.07, 6.45) is 1.59. The number of halogens is 1. The Kier molecular flexibility index (Phi) is 6.65. The van der Waals surface area contributed by atoms with E-state index in [1.807, 2.05) is 60.7 Å². The predicted octanol–water partition coefficient (Wildman–Crippen LogP) is 3.44. The van der Waals surface area contributed by atoms with Gasteiger partial charge in [-0.1, -0.05) is 60.7 Å². The lowest BCUT2D eigenvalue weighted by atomic mass is 10.2. The summed E-state index contributed by atoms with van der Waals surface area (Å²) in [7, 11) is 1.62. The Bertz CT molecular complexity index is 1270. The maximum Gasteiger partial charge on any atom is 0.330 e. The molecule has 0 saturated heterocycles. The van der Waals surface area contributed by atoms with E-state index < -0.39 is 0 Å². The van der Waals surface area contributed by atoms with Crippen molar-refractivity contribution < 1.29 is 8.68 Å². The number of fused-ring (bicyclic) bond motifs is 1. The third-order valence-electron chi connectivity index (χ3n) is 5.22. The number of aryl methyl sites for hydroxylation is 1. The van der Waals surface area contributed by atoms with Gasteiger partial charge in [-0.25, -0.2) is 14.8 Å². The molecule has 4 rings (SSSR count). The van der Waals surface area contributed by atoms with Crippen LogP contribution in [0.25, 0.3) is 22.6 Å². The van der Waals surface area contributed by atoms with Crippen molar-refractivity contribution in [3.8, 4) is 11.4 Å². The largest absolute Gasteiger partial charge is 0.336 e. The van der Waals surface area contributed by atoms with Crippen LogP contribution in [0.1, 0.15) is 5.56 Å². The lowest BCUT2D eigenvalue weighted by Gasteiger charge is -2.22. The van der Waals surface area contributed by atoms with Gasteiger partial charge in [0.25, 0.3) is 0 Å². The average molecular weight is 452 g/mol. The van der Waals surface area contributed by atoms with Gasteiger partial charge >= 0.3 is 5.69 Å². The van der Waals surface area contributed by atoms with Crippen molar-refractivity contribution in [3.05, 3.63) is 82.9 Å². The normalized spacial score (nSPS) is 11.1. The number of nitrogens with zero attached hydrogens (tertiary/aromatic N) is 5. The molecule has 2 aromatic carbocycles. The van der Waals surface area contributed by atoms with Gasteiger partial charge in [0, 0.05) is 43.6 Å². The molecule has 0 bridgehead atoms. The molecule has 7 nitrogen and oxygen atoms in total. The van der Waals surface area contributed by atoms with Crippen LogP contribution in [0.3, 0.4) is 0 Å². The van der Waals surface area contributed by atoms with E-state index in [0.29, 0.717) is 23.5 Å². The second-order valence-electron chi connectivity index (χ2n) is 7.31. The first kappa shape index (κ1) is 21.8. The summed E-state index contributed by atoms with van der Waals surface area (Å²) in [5.41, 5.74) is 2.32. The highest BCUT2D eigenvalue weighted by atomic mass is 32.2. The minimum absolute atomic E-state index is 0.156. The van der Waals surface area contributed by atoms with Gasteiger partial charge in [0.05, 0.1) is 6.20 Å². The van der Waals surface area contributed by atoms with Crippen molar-refractivity contribution in [2.45, 2.75) is 13.1 Å². The van der Waals surface area contributed by atoms with Crippen molar-refractivity contribution in [2.24, 2.45) is 7.05 Å². The Labute approximate surface area is 188 Å². The fourth-order valence-electron chi connectivity index (χ4n) is 3.52. The van der Waals surface area contributed by atoms with E-state index in [1.54, 1.807) is 18.1 Å². The zero-order valence-corrected chi connectivity index (χ0v) is 18.3. The molecule has 164 valence electrons. The quantitative estimate of drug-likeness (QED) is 0.410. The summed E-state index contributed by atoms with van der Waals surface area (Å²) in [5.74, 6) is 0.348. The first-order valence-corrected chi connectivity index (χ1v) is 11.0. The van der Waals surface area contributed by atoms with Crippen molar-refractivity contribution >= 4 is 29.2 Å². The topological polar surface area (TPSA) is 73.0 Å². The molecule has 0 aliphatic heterocycles. The van der Waals surface area contributed by atoms with Gasteiger partial charge in [-0.2, -0.15) is 3.89 Å². The summed E-state index contributed by atoms with van der Waals surface area (Å²) in [4.78, 5) is 36.6. The molecular formula is C23H22FN5O2S. The molecule has 4 aromatic rings. The van der Waals surface area contributed by atoms with Gasteiger partial charge in [0.15, 0.2) is 11.5 Å². The van der Waals surface area contributed by atoms with Crippen LogP contribution in [0.15, 0.2) is 71.7 Å². The molecule has 2 heterocycles. The van der Waals surface area contributed by atoms with Crippen LogP contribution in [-0.2, 0) is 24.9 Å². The highest BCUT2D eigenvalue weighted by molar-refractivity contribution is 7.94. The second-order valence-corrected chi connectivity index (χ2v) is 7.94. The summed E-state index contributed by atoms with van der Waals surface area (Å²) >= 11 is 0.186. The second kappa shape index (κ2) is 9.78. The first-order chi connectivity index (χ1) is 15.6. The van der Waals surface area contributed by atoms with E-state index in [4.69, 9.17) is 0 Å². The summed E-state index contributed by atoms with van der Waals surface area (Å²) in [6.45, 7) is 0.383.